The molecule has 7 heavy (non-hydrogen) atoms. The summed E-state index contributed by atoms with van der Waals surface area (Å²) in [5, 5.41) is 0. The van der Waals surface area contributed by atoms with Crippen molar-refractivity contribution in [2.24, 2.45) is 0 Å². The maximum atomic E-state index is 2.00. The molecule has 0 aromatic heterocycles. The Bertz CT molecular complexity index is 76.1. The van der Waals surface area contributed by atoms with E-state index in [4.69, 9.17) is 0 Å². The second-order valence-electron chi connectivity index (χ2n) is 1.15. The maximum absolute atomic E-state index is 2.00. The van der Waals surface area contributed by atoms with Crippen LogP contribution in [0.25, 0.3) is 0 Å². The van der Waals surface area contributed by atoms with Crippen LogP contribution in [0.1, 0.15) is 0 Å². The van der Waals surface area contributed by atoms with Crippen LogP contribution in [0, 0.1) is 6.15 Å². The first-order valence-corrected chi connectivity index (χ1v) is 2.00. The number of hydrogen-bond donors (Lipinski definition) is 0. The Morgan fingerprint density at radius 3 is 0.714 bits per heavy atom. The molecule has 0 aliphatic heterocycles. The molecule has 1 aromatic rings. The molecule has 1 rings (SSSR count). The minimum Gasteiger partial charge on any atom is -0.0623 e. The molecule has 1 aromatic carbocycles. The van der Waals surface area contributed by atoms with Crippen LogP contribution in [-0.4, -0.2) is 0 Å². The average Bonchev–Trinajstić information content (AvgIpc) is 1.72. The molecule has 0 nitrogen and oxygen atoms in total. The van der Waals surface area contributed by atoms with Crippen LogP contribution in [0.5, 0.6) is 0 Å². The van der Waals surface area contributed by atoms with E-state index in [1.165, 1.54) is 0 Å². The second-order valence-corrected chi connectivity index (χ2v) is 1.15. The van der Waals surface area contributed by atoms with E-state index in [1.807, 2.05) is 36.4 Å². The monoisotopic (exact) mass is 82.0 g/mol. The molecule has 1 heteroatoms. The fraction of sp³-hybridized carbons (Fsp3) is 0. The molecule has 0 bridgehead atoms. The van der Waals surface area contributed by atoms with E-state index in [-0.39, 0.29) is 6.15 Å². The van der Waals surface area contributed by atoms with E-state index in [1.54, 1.807) is 0 Å². The zero-order valence-electron chi connectivity index (χ0n) is 4.17. The van der Waals surface area contributed by atoms with Crippen molar-refractivity contribution < 1.29 is 6.15 Å². The van der Waals surface area contributed by atoms with Crippen molar-refractivity contribution in [3.8, 4) is 0 Å². The van der Waals surface area contributed by atoms with Gasteiger partial charge in [0.25, 0.3) is 0 Å². The van der Waals surface area contributed by atoms with Gasteiger partial charge >= 0.3 is 0 Å². The smallest absolute Gasteiger partial charge is 0 e. The zero-order chi connectivity index (χ0) is 4.24. The summed E-state index contributed by atoms with van der Waals surface area (Å²) in [6, 6.07) is 12.0. The van der Waals surface area contributed by atoms with Gasteiger partial charge in [-0.25, -0.2) is 0 Å². The van der Waals surface area contributed by atoms with Crippen LogP contribution in [0.4, 0.5) is 0 Å². The second kappa shape index (κ2) is 3.32. The summed E-state index contributed by atoms with van der Waals surface area (Å²) in [6.07, 6.45) is 0. The molecular formula is C6H6He. The Hall–Kier alpha value is -0.871. The van der Waals surface area contributed by atoms with Gasteiger partial charge in [-0.1, -0.05) is 36.4 Å². The van der Waals surface area contributed by atoms with Gasteiger partial charge in [0.15, 0.2) is 0 Å². The van der Waals surface area contributed by atoms with E-state index in [0.29, 0.717) is 0 Å². The van der Waals surface area contributed by atoms with Gasteiger partial charge in [0.05, 0.1) is 0 Å². The number of benzene rings is 1. The van der Waals surface area contributed by atoms with Crippen LogP contribution in [0.2, 0.25) is 0 Å². The molecule has 0 aliphatic carbocycles. The molecule has 0 fully saturated rings. The molecule has 0 aliphatic rings. The van der Waals surface area contributed by atoms with Crippen LogP contribution in [0.15, 0.2) is 36.4 Å². The summed E-state index contributed by atoms with van der Waals surface area (Å²) < 4.78 is 0. The summed E-state index contributed by atoms with van der Waals surface area (Å²) in [5.41, 5.74) is 0. The third-order valence-corrected chi connectivity index (χ3v) is 0.667. The van der Waals surface area contributed by atoms with E-state index >= 15 is 0 Å². The van der Waals surface area contributed by atoms with Crippen molar-refractivity contribution in [3.63, 3.8) is 0 Å². The summed E-state index contributed by atoms with van der Waals surface area (Å²) in [7, 11) is 0. The van der Waals surface area contributed by atoms with Crippen molar-refractivity contribution in [1.82, 2.24) is 0 Å². The van der Waals surface area contributed by atoms with E-state index in [9.17, 15) is 0 Å². The Balaban J connectivity index is 0.000000360. The van der Waals surface area contributed by atoms with Crippen LogP contribution in [0.3, 0.4) is 0 Å². The fourth-order valence-corrected chi connectivity index (χ4v) is 0.385. The Labute approximate surface area is 43.6 Å². The van der Waals surface area contributed by atoms with Crippen LogP contribution in [-0.2, 0) is 0 Å². The zero-order valence-corrected chi connectivity index (χ0v) is 4.17. The largest absolute Gasteiger partial charge is 0.0623 e. The Morgan fingerprint density at radius 1 is 0.429 bits per heavy atom. The Kier molecular flexibility index (Phi) is 2.91. The van der Waals surface area contributed by atoms with Gasteiger partial charge in [0, 0.05) is 6.15 Å². The topological polar surface area (TPSA) is 0 Å². The van der Waals surface area contributed by atoms with Gasteiger partial charge in [-0.15, -0.1) is 0 Å². The first-order valence-electron chi connectivity index (χ1n) is 2.00. The van der Waals surface area contributed by atoms with Gasteiger partial charge in [-0.05, 0) is 0 Å². The standard InChI is InChI=1S/C6H6.He/c1-2-4-6-5-3-1;/h1-6H;. The first-order chi connectivity index (χ1) is 3.00. The van der Waals surface area contributed by atoms with Crippen molar-refractivity contribution in [3.05, 3.63) is 36.4 Å². The van der Waals surface area contributed by atoms with Crippen molar-refractivity contribution >= 4 is 0 Å². The normalized spacial score (nSPS) is 6.86. The molecule has 0 saturated heterocycles. The minimum atomic E-state index is 0. The van der Waals surface area contributed by atoms with E-state index in [2.05, 4.69) is 0 Å². The first kappa shape index (κ1) is 6.13. The van der Waals surface area contributed by atoms with Crippen LogP contribution >= 0.6 is 0 Å². The average molecular weight is 82.1 g/mol. The molecular weight excluding hydrogens is 76.1 g/mol. The molecule has 0 amide bonds. The third kappa shape index (κ3) is 1.91. The number of hydrogen-bond acceptors (Lipinski definition) is 0. The van der Waals surface area contributed by atoms with Gasteiger partial charge in [-0.3, -0.25) is 0 Å². The molecule has 0 heterocycles. The summed E-state index contributed by atoms with van der Waals surface area (Å²) in [6.45, 7) is 0. The van der Waals surface area contributed by atoms with Crippen molar-refractivity contribution in [2.75, 3.05) is 0 Å². The molecule has 32 valence electrons. The molecule has 0 spiro atoms. The van der Waals surface area contributed by atoms with Gasteiger partial charge in [-0.2, -0.15) is 0 Å². The molecule has 0 radical (unpaired) electrons. The van der Waals surface area contributed by atoms with Gasteiger partial charge in [0.2, 0.25) is 0 Å². The van der Waals surface area contributed by atoms with Gasteiger partial charge in [0.1, 0.15) is 0 Å². The van der Waals surface area contributed by atoms with E-state index < -0.39 is 0 Å². The quantitative estimate of drug-likeness (QED) is 0.446. The molecule has 0 N–H and O–H groups in total. The van der Waals surface area contributed by atoms with Crippen molar-refractivity contribution in [1.29, 1.82) is 0 Å². The predicted octanol–water partition coefficient (Wildman–Crippen LogP) is 1.69. The summed E-state index contributed by atoms with van der Waals surface area (Å²) in [4.78, 5) is 0. The molecule has 0 atom stereocenters. The number of rotatable bonds is 0. The predicted molar refractivity (Wildman–Crippen MR) is 26.4 cm³/mol. The molecule has 0 saturated carbocycles. The molecule has 0 unspecified atom stereocenters. The van der Waals surface area contributed by atoms with Gasteiger partial charge < -0.3 is 0 Å². The van der Waals surface area contributed by atoms with Crippen molar-refractivity contribution in [2.45, 2.75) is 0 Å². The van der Waals surface area contributed by atoms with E-state index in [0.717, 1.165) is 0 Å². The summed E-state index contributed by atoms with van der Waals surface area (Å²) >= 11 is 0. The Morgan fingerprint density at radius 2 is 0.571 bits per heavy atom. The third-order valence-electron chi connectivity index (χ3n) is 0.667. The van der Waals surface area contributed by atoms with Crippen LogP contribution < -0.4 is 0 Å². The summed E-state index contributed by atoms with van der Waals surface area (Å²) in [5.74, 6) is 0. The maximum Gasteiger partial charge on any atom is 0 e. The fourth-order valence-electron chi connectivity index (χ4n) is 0.385. The SMILES string of the molecule is [He].c1ccccc1. The minimum absolute atomic E-state index is 0.